The van der Waals surface area contributed by atoms with E-state index in [1.807, 2.05) is 0 Å². The summed E-state index contributed by atoms with van der Waals surface area (Å²) in [5.74, 6) is -3.62. The first-order chi connectivity index (χ1) is 7.57. The number of carbonyl (C=O) groups is 1. The van der Waals surface area contributed by atoms with E-state index in [1.54, 1.807) is 6.07 Å². The zero-order valence-corrected chi connectivity index (χ0v) is 8.49. The molecule has 1 atom stereocenters. The maximum Gasteiger partial charge on any atom is 0.248 e. The second-order valence-corrected chi connectivity index (χ2v) is 3.86. The van der Waals surface area contributed by atoms with Gasteiger partial charge in [-0.05, 0) is 12.5 Å². The minimum absolute atomic E-state index is 0.155. The highest BCUT2D eigenvalue weighted by Crippen LogP contribution is 2.39. The summed E-state index contributed by atoms with van der Waals surface area (Å²) in [6.45, 7) is 0. The van der Waals surface area contributed by atoms with Gasteiger partial charge >= 0.3 is 0 Å². The van der Waals surface area contributed by atoms with Crippen molar-refractivity contribution in [2.45, 2.75) is 25.2 Å². The van der Waals surface area contributed by atoms with E-state index >= 15 is 0 Å². The van der Waals surface area contributed by atoms with E-state index in [-0.39, 0.29) is 25.2 Å². The van der Waals surface area contributed by atoms with Gasteiger partial charge in [0.1, 0.15) is 0 Å². The molecule has 1 heterocycles. The van der Waals surface area contributed by atoms with Crippen LogP contribution in [-0.4, -0.2) is 21.8 Å². The number of aromatic nitrogens is 2. The van der Waals surface area contributed by atoms with Gasteiger partial charge in [0, 0.05) is 31.2 Å². The minimum Gasteiger partial charge on any atom is -0.294 e. The molecule has 1 aliphatic rings. The molecule has 1 saturated carbocycles. The third-order valence-electron chi connectivity index (χ3n) is 2.58. The summed E-state index contributed by atoms with van der Waals surface area (Å²) in [5, 5.41) is 2.43. The van der Waals surface area contributed by atoms with Crippen LogP contribution >= 0.6 is 0 Å². The maximum absolute atomic E-state index is 12.9. The molecule has 0 saturated heterocycles. The van der Waals surface area contributed by atoms with Gasteiger partial charge in [-0.3, -0.25) is 10.1 Å². The molecule has 0 radical (unpaired) electrons. The Morgan fingerprint density at radius 3 is 2.69 bits per heavy atom. The van der Waals surface area contributed by atoms with E-state index in [2.05, 4.69) is 15.3 Å². The highest BCUT2D eigenvalue weighted by atomic mass is 19.3. The number of nitrogens with one attached hydrogen (secondary N) is 1. The summed E-state index contributed by atoms with van der Waals surface area (Å²) in [6.07, 6.45) is 2.57. The quantitative estimate of drug-likeness (QED) is 0.838. The molecule has 1 aromatic rings. The molecule has 6 heteroatoms. The van der Waals surface area contributed by atoms with Gasteiger partial charge in [0.15, 0.2) is 0 Å². The van der Waals surface area contributed by atoms with Crippen molar-refractivity contribution < 1.29 is 13.6 Å². The smallest absolute Gasteiger partial charge is 0.248 e. The number of alkyl halides is 2. The lowest BCUT2D eigenvalue weighted by molar-refractivity contribution is -0.120. The van der Waals surface area contributed by atoms with Crippen LogP contribution in [0.1, 0.15) is 19.3 Å². The molecule has 1 fully saturated rings. The number of hydrogen-bond donors (Lipinski definition) is 1. The number of nitrogens with zero attached hydrogens (tertiary/aromatic N) is 2. The summed E-state index contributed by atoms with van der Waals surface area (Å²) in [7, 11) is 0. The Morgan fingerprint density at radius 2 is 2.12 bits per heavy atom. The normalized spacial score (nSPS) is 23.0. The molecule has 1 aliphatic carbocycles. The molecule has 0 spiro atoms. The second kappa shape index (κ2) is 4.11. The first-order valence-corrected chi connectivity index (χ1v) is 5.02. The number of anilines is 1. The van der Waals surface area contributed by atoms with Crippen LogP contribution < -0.4 is 5.32 Å². The van der Waals surface area contributed by atoms with Gasteiger partial charge in [0.05, 0.1) is 0 Å². The van der Waals surface area contributed by atoms with E-state index in [4.69, 9.17) is 0 Å². The number of halogens is 2. The highest BCUT2D eigenvalue weighted by molar-refractivity contribution is 5.91. The predicted molar refractivity (Wildman–Crippen MR) is 52.9 cm³/mol. The molecular weight excluding hydrogens is 216 g/mol. The third-order valence-corrected chi connectivity index (χ3v) is 2.58. The summed E-state index contributed by atoms with van der Waals surface area (Å²) < 4.78 is 25.8. The van der Waals surface area contributed by atoms with E-state index in [1.165, 1.54) is 12.4 Å². The van der Waals surface area contributed by atoms with Gasteiger partial charge in [-0.15, -0.1) is 0 Å². The van der Waals surface area contributed by atoms with Crippen LogP contribution in [-0.2, 0) is 4.79 Å². The van der Waals surface area contributed by atoms with E-state index in [0.717, 1.165) is 0 Å². The molecule has 1 aromatic heterocycles. The van der Waals surface area contributed by atoms with Gasteiger partial charge in [0.2, 0.25) is 17.8 Å². The fraction of sp³-hybridized carbons (Fsp3) is 0.500. The molecule has 86 valence electrons. The molecule has 16 heavy (non-hydrogen) atoms. The Labute approximate surface area is 91.1 Å². The van der Waals surface area contributed by atoms with Crippen molar-refractivity contribution >= 4 is 11.9 Å². The number of carbonyl (C=O) groups excluding carboxylic acids is 1. The van der Waals surface area contributed by atoms with Crippen LogP contribution in [0.15, 0.2) is 18.5 Å². The van der Waals surface area contributed by atoms with Crippen molar-refractivity contribution in [2.75, 3.05) is 5.32 Å². The highest BCUT2D eigenvalue weighted by Gasteiger charge is 2.42. The van der Waals surface area contributed by atoms with Crippen molar-refractivity contribution in [2.24, 2.45) is 5.92 Å². The van der Waals surface area contributed by atoms with Crippen molar-refractivity contribution in [3.63, 3.8) is 0 Å². The van der Waals surface area contributed by atoms with Crippen molar-refractivity contribution in [3.8, 4) is 0 Å². The van der Waals surface area contributed by atoms with Gasteiger partial charge in [-0.25, -0.2) is 18.7 Å². The Morgan fingerprint density at radius 1 is 1.44 bits per heavy atom. The fourth-order valence-corrected chi connectivity index (χ4v) is 1.75. The third kappa shape index (κ3) is 2.50. The molecule has 1 N–H and O–H groups in total. The Hall–Kier alpha value is -1.59. The summed E-state index contributed by atoms with van der Waals surface area (Å²) in [5.41, 5.74) is 0. The molecule has 1 unspecified atom stereocenters. The SMILES string of the molecule is O=C(Nc1ncccn1)C1CCC(F)(F)C1. The van der Waals surface area contributed by atoms with Crippen molar-refractivity contribution in [1.29, 1.82) is 0 Å². The standard InChI is InChI=1S/C10H11F2N3O/c11-10(12)3-2-7(6-10)8(16)15-9-13-4-1-5-14-9/h1,4-5,7H,2-3,6H2,(H,13,14,15,16). The largest absolute Gasteiger partial charge is 0.294 e. The zero-order chi connectivity index (χ0) is 11.6. The predicted octanol–water partition coefficient (Wildman–Crippen LogP) is 1.85. The van der Waals surface area contributed by atoms with E-state index < -0.39 is 17.7 Å². The van der Waals surface area contributed by atoms with Crippen LogP contribution in [0.2, 0.25) is 0 Å². The van der Waals surface area contributed by atoms with Crippen LogP contribution in [0.3, 0.4) is 0 Å². The fourth-order valence-electron chi connectivity index (χ4n) is 1.75. The van der Waals surface area contributed by atoms with Gasteiger partial charge < -0.3 is 0 Å². The minimum atomic E-state index is -2.71. The molecule has 0 aromatic carbocycles. The Bertz CT molecular complexity index is 383. The number of amides is 1. The lowest BCUT2D eigenvalue weighted by atomic mass is 10.1. The first kappa shape index (κ1) is 10.9. The van der Waals surface area contributed by atoms with E-state index in [0.29, 0.717) is 0 Å². The zero-order valence-electron chi connectivity index (χ0n) is 8.49. The Kier molecular flexibility index (Phi) is 2.80. The molecule has 0 bridgehead atoms. The summed E-state index contributed by atoms with van der Waals surface area (Å²) in [6, 6.07) is 1.61. The van der Waals surface area contributed by atoms with Crippen LogP contribution in [0.25, 0.3) is 0 Å². The van der Waals surface area contributed by atoms with E-state index in [9.17, 15) is 13.6 Å². The number of hydrogen-bond acceptors (Lipinski definition) is 3. The van der Waals surface area contributed by atoms with Crippen LogP contribution in [0, 0.1) is 5.92 Å². The first-order valence-electron chi connectivity index (χ1n) is 5.02. The lowest BCUT2D eigenvalue weighted by Gasteiger charge is -2.09. The van der Waals surface area contributed by atoms with Gasteiger partial charge in [-0.2, -0.15) is 0 Å². The molecular formula is C10H11F2N3O. The van der Waals surface area contributed by atoms with Crippen molar-refractivity contribution in [3.05, 3.63) is 18.5 Å². The maximum atomic E-state index is 12.9. The lowest BCUT2D eigenvalue weighted by Crippen LogP contribution is -2.23. The Balaban J connectivity index is 1.95. The van der Waals surface area contributed by atoms with Crippen molar-refractivity contribution in [1.82, 2.24) is 9.97 Å². The monoisotopic (exact) mass is 227 g/mol. The van der Waals surface area contributed by atoms with Gasteiger partial charge in [0.25, 0.3) is 0 Å². The number of rotatable bonds is 2. The van der Waals surface area contributed by atoms with Crippen LogP contribution in [0.4, 0.5) is 14.7 Å². The summed E-state index contributed by atoms with van der Waals surface area (Å²) >= 11 is 0. The summed E-state index contributed by atoms with van der Waals surface area (Å²) in [4.78, 5) is 19.2. The molecule has 4 nitrogen and oxygen atoms in total. The van der Waals surface area contributed by atoms with Crippen LogP contribution in [0.5, 0.6) is 0 Å². The van der Waals surface area contributed by atoms with Gasteiger partial charge in [-0.1, -0.05) is 0 Å². The molecule has 2 rings (SSSR count). The molecule has 1 amide bonds. The second-order valence-electron chi connectivity index (χ2n) is 3.86. The topological polar surface area (TPSA) is 54.9 Å². The average Bonchev–Trinajstić information content (AvgIpc) is 2.60. The molecule has 0 aliphatic heterocycles. The average molecular weight is 227 g/mol.